The van der Waals surface area contributed by atoms with Crippen molar-refractivity contribution in [3.8, 4) is 22.9 Å². The zero-order valence-corrected chi connectivity index (χ0v) is 27.7. The molecule has 4 aromatic rings. The molecule has 3 heterocycles. The molecule has 1 amide bonds. The summed E-state index contributed by atoms with van der Waals surface area (Å²) in [5.74, 6) is 0.500. The quantitative estimate of drug-likeness (QED) is 0.271. The Labute approximate surface area is 274 Å². The highest BCUT2D eigenvalue weighted by atomic mass is 32.2. The highest BCUT2D eigenvalue weighted by molar-refractivity contribution is 7.92. The number of aryl methyl sites for hydroxylation is 2. The third kappa shape index (κ3) is 7.52. The summed E-state index contributed by atoms with van der Waals surface area (Å²) >= 11 is 0. The molecule has 1 aliphatic heterocycles. The molecule has 0 spiro atoms. The monoisotopic (exact) mass is 658 g/mol. The van der Waals surface area contributed by atoms with Crippen LogP contribution in [0.3, 0.4) is 0 Å². The second kappa shape index (κ2) is 13.6. The van der Waals surface area contributed by atoms with Gasteiger partial charge in [0.25, 0.3) is 15.9 Å². The molecule has 1 saturated carbocycles. The van der Waals surface area contributed by atoms with Crippen molar-refractivity contribution in [3.05, 3.63) is 83.4 Å². The molecular formula is C34H38N6O6S. The minimum Gasteiger partial charge on any atom is -0.487 e. The number of hydrogen-bond donors (Lipinski definition) is 1. The minimum atomic E-state index is -4.19. The van der Waals surface area contributed by atoms with Crippen LogP contribution in [0.2, 0.25) is 0 Å². The van der Waals surface area contributed by atoms with Gasteiger partial charge in [0.05, 0.1) is 54.4 Å². The van der Waals surface area contributed by atoms with Gasteiger partial charge in [0.2, 0.25) is 11.8 Å². The highest BCUT2D eigenvalue weighted by Crippen LogP contribution is 2.30. The second-order valence-electron chi connectivity index (χ2n) is 12.1. The topological polar surface area (TPSA) is 146 Å². The van der Waals surface area contributed by atoms with Gasteiger partial charge in [-0.15, -0.1) is 0 Å². The number of hydrogen-bond acceptors (Lipinski definition) is 10. The Hall–Kier alpha value is -4.62. The number of sulfonamides is 1. The molecule has 0 unspecified atom stereocenters. The Morgan fingerprint density at radius 2 is 1.74 bits per heavy atom. The molecule has 4 bridgehead atoms. The SMILES string of the molecule is Cc1cccc(C)c1-c1cc2nc(n1)NS(=O)(=O)c1cccc(c1)C(=O)N(Cc1ncc(OC3CCC3)cn1)[C@H](COC(C)C)CO2. The first-order valence-corrected chi connectivity index (χ1v) is 17.2. The van der Waals surface area contributed by atoms with E-state index < -0.39 is 22.0 Å². The van der Waals surface area contributed by atoms with E-state index in [0.717, 1.165) is 36.0 Å². The van der Waals surface area contributed by atoms with Crippen molar-refractivity contribution in [2.45, 2.75) is 76.6 Å². The van der Waals surface area contributed by atoms with Crippen molar-refractivity contribution in [3.63, 3.8) is 0 Å². The molecule has 13 heteroatoms. The number of nitrogens with one attached hydrogen (secondary N) is 1. The Bertz CT molecular complexity index is 1840. The molecule has 2 aromatic heterocycles. The predicted molar refractivity (Wildman–Crippen MR) is 175 cm³/mol. The Morgan fingerprint density at radius 1 is 1.02 bits per heavy atom. The molecule has 246 valence electrons. The van der Waals surface area contributed by atoms with E-state index >= 15 is 0 Å². The van der Waals surface area contributed by atoms with Crippen molar-refractivity contribution < 1.29 is 27.4 Å². The molecule has 1 N–H and O–H groups in total. The molecular weight excluding hydrogens is 620 g/mol. The number of carbonyl (C=O) groups excluding carboxylic acids is 1. The van der Waals surface area contributed by atoms with Crippen LogP contribution >= 0.6 is 0 Å². The van der Waals surface area contributed by atoms with Gasteiger partial charge in [0.1, 0.15) is 12.4 Å². The van der Waals surface area contributed by atoms with Crippen LogP contribution in [0, 0.1) is 13.8 Å². The van der Waals surface area contributed by atoms with E-state index in [1.54, 1.807) is 29.4 Å². The van der Waals surface area contributed by atoms with Gasteiger partial charge >= 0.3 is 0 Å². The molecule has 1 fully saturated rings. The minimum absolute atomic E-state index is 0.00985. The van der Waals surface area contributed by atoms with Crippen LogP contribution < -0.4 is 14.2 Å². The second-order valence-corrected chi connectivity index (χ2v) is 13.8. The van der Waals surface area contributed by atoms with E-state index in [-0.39, 0.29) is 54.3 Å². The van der Waals surface area contributed by atoms with E-state index in [9.17, 15) is 13.2 Å². The maximum absolute atomic E-state index is 14.2. The smallest absolute Gasteiger partial charge is 0.264 e. The van der Waals surface area contributed by atoms with Crippen LogP contribution in [0.15, 0.2) is 65.8 Å². The van der Waals surface area contributed by atoms with Gasteiger partial charge in [-0.1, -0.05) is 24.3 Å². The first kappa shape index (κ1) is 32.3. The number of nitrogens with zero attached hydrogens (tertiary/aromatic N) is 5. The van der Waals surface area contributed by atoms with E-state index in [2.05, 4.69) is 24.7 Å². The van der Waals surface area contributed by atoms with Crippen LogP contribution in [-0.2, 0) is 21.3 Å². The van der Waals surface area contributed by atoms with Crippen molar-refractivity contribution in [1.29, 1.82) is 0 Å². The van der Waals surface area contributed by atoms with Gasteiger partial charge in [-0.05, 0) is 76.3 Å². The number of ether oxygens (including phenoxy) is 3. The first-order valence-electron chi connectivity index (χ1n) is 15.7. The molecule has 1 atom stereocenters. The standard InChI is InChI=1S/C34H38N6O6S/c1-21(2)44-19-25-20-45-31-15-29(32-22(3)8-5-9-23(32)4)37-34(38-31)39-47(42,43)28-13-6-10-24(14-28)33(41)40(25)18-30-35-16-27(17-36-30)46-26-11-7-12-26/h5-6,8-10,13-17,21,25-26H,7,11-12,18-20H2,1-4H3,(H,37,38,39)/t25-/m1/s1. The number of amides is 1. The van der Waals surface area contributed by atoms with Crippen molar-refractivity contribution in [2.24, 2.45) is 0 Å². The number of carbonyl (C=O) groups is 1. The van der Waals surface area contributed by atoms with Crippen LogP contribution in [0.5, 0.6) is 11.6 Å². The van der Waals surface area contributed by atoms with E-state index in [1.807, 2.05) is 45.9 Å². The Balaban J connectivity index is 1.42. The highest BCUT2D eigenvalue weighted by Gasteiger charge is 2.30. The van der Waals surface area contributed by atoms with Crippen molar-refractivity contribution >= 4 is 21.9 Å². The van der Waals surface area contributed by atoms with E-state index in [1.165, 1.54) is 18.2 Å². The van der Waals surface area contributed by atoms with Crippen molar-refractivity contribution in [2.75, 3.05) is 17.9 Å². The molecule has 47 heavy (non-hydrogen) atoms. The van der Waals surface area contributed by atoms with E-state index in [0.29, 0.717) is 17.3 Å². The molecule has 0 saturated heterocycles. The number of rotatable bonds is 8. The summed E-state index contributed by atoms with van der Waals surface area (Å²) in [6, 6.07) is 12.8. The van der Waals surface area contributed by atoms with Crippen molar-refractivity contribution in [1.82, 2.24) is 24.8 Å². The summed E-state index contributed by atoms with van der Waals surface area (Å²) in [5.41, 5.74) is 3.41. The Morgan fingerprint density at radius 3 is 2.43 bits per heavy atom. The Kier molecular flexibility index (Phi) is 9.37. The van der Waals surface area contributed by atoms with E-state index in [4.69, 9.17) is 14.2 Å². The van der Waals surface area contributed by atoms with Gasteiger partial charge in [-0.25, -0.2) is 28.1 Å². The van der Waals surface area contributed by atoms with Crippen LogP contribution in [-0.4, -0.2) is 70.6 Å². The van der Waals surface area contributed by atoms with Crippen LogP contribution in [0.25, 0.3) is 11.3 Å². The van der Waals surface area contributed by atoms with Crippen LogP contribution in [0.4, 0.5) is 5.95 Å². The normalized spacial score (nSPS) is 17.9. The zero-order chi connectivity index (χ0) is 33.1. The van der Waals surface area contributed by atoms with Gasteiger partial charge in [0, 0.05) is 17.2 Å². The maximum atomic E-state index is 14.2. The fraction of sp³-hybridized carbons (Fsp3) is 0.382. The molecule has 12 nitrogen and oxygen atoms in total. The lowest BCUT2D eigenvalue weighted by Gasteiger charge is -2.32. The summed E-state index contributed by atoms with van der Waals surface area (Å²) in [6.07, 6.45) is 6.42. The summed E-state index contributed by atoms with van der Waals surface area (Å²) in [4.78, 5) is 33.6. The zero-order valence-electron chi connectivity index (χ0n) is 26.8. The van der Waals surface area contributed by atoms with Gasteiger partial charge < -0.3 is 19.1 Å². The first-order chi connectivity index (χ1) is 22.6. The number of benzene rings is 2. The summed E-state index contributed by atoms with van der Waals surface area (Å²) in [6.45, 7) is 7.85. The fourth-order valence-corrected chi connectivity index (χ4v) is 6.42. The maximum Gasteiger partial charge on any atom is 0.264 e. The fourth-order valence-electron chi connectivity index (χ4n) is 5.43. The summed E-state index contributed by atoms with van der Waals surface area (Å²) < 4.78 is 47.9. The molecule has 2 aromatic carbocycles. The lowest BCUT2D eigenvalue weighted by atomic mass is 9.96. The third-order valence-electron chi connectivity index (χ3n) is 8.15. The average molecular weight is 659 g/mol. The van der Waals surface area contributed by atoms with Gasteiger partial charge in [-0.2, -0.15) is 4.98 Å². The van der Waals surface area contributed by atoms with Gasteiger partial charge in [0.15, 0.2) is 5.75 Å². The largest absolute Gasteiger partial charge is 0.487 e. The third-order valence-corrected chi connectivity index (χ3v) is 9.48. The molecule has 1 aliphatic carbocycles. The summed E-state index contributed by atoms with van der Waals surface area (Å²) in [7, 11) is -4.19. The van der Waals surface area contributed by atoms with Crippen LogP contribution in [0.1, 0.15) is 60.4 Å². The molecule has 6 rings (SSSR count). The lowest BCUT2D eigenvalue weighted by Crippen LogP contribution is -2.46. The molecule has 0 radical (unpaired) electrons. The molecule has 2 aliphatic rings. The lowest BCUT2D eigenvalue weighted by molar-refractivity contribution is 0.00598. The summed E-state index contributed by atoms with van der Waals surface area (Å²) in [5, 5.41) is 0. The number of fused-ring (bicyclic) bond motifs is 4. The number of anilines is 1. The predicted octanol–water partition coefficient (Wildman–Crippen LogP) is 5.11. The average Bonchev–Trinajstić information content (AvgIpc) is 3.02. The van der Waals surface area contributed by atoms with Gasteiger partial charge in [-0.3, -0.25) is 4.79 Å². The number of aromatic nitrogens is 4.